The predicted molar refractivity (Wildman–Crippen MR) is 91.2 cm³/mol. The second-order valence-electron chi connectivity index (χ2n) is 6.58. The van der Waals surface area contributed by atoms with Crippen LogP contribution in [0.1, 0.15) is 51.4 Å². The van der Waals surface area contributed by atoms with Crippen LogP contribution in [0.3, 0.4) is 0 Å². The number of rotatable bonds is 7. The monoisotopic (exact) mass is 347 g/mol. The number of primary amides is 1. The molecule has 23 heavy (non-hydrogen) atoms. The summed E-state index contributed by atoms with van der Waals surface area (Å²) in [5.41, 5.74) is 10.9. The Morgan fingerprint density at radius 3 is 2.35 bits per heavy atom. The molecule has 0 spiro atoms. The molecular weight excluding hydrogens is 318 g/mol. The molecule has 7 heteroatoms. The van der Waals surface area contributed by atoms with Crippen molar-refractivity contribution in [2.45, 2.75) is 63.6 Å². The number of nitrogens with zero attached hydrogens (tertiary/aromatic N) is 1. The smallest absolute Gasteiger partial charge is 0.252 e. The summed E-state index contributed by atoms with van der Waals surface area (Å²) < 4.78 is 5.66. The van der Waals surface area contributed by atoms with Crippen molar-refractivity contribution in [2.24, 2.45) is 17.4 Å². The summed E-state index contributed by atoms with van der Waals surface area (Å²) in [7, 11) is 0. The van der Waals surface area contributed by atoms with Crippen LogP contribution in [0.25, 0.3) is 0 Å². The van der Waals surface area contributed by atoms with E-state index < -0.39 is 12.0 Å². The third-order valence-electron chi connectivity index (χ3n) is 4.84. The maximum atomic E-state index is 12.6. The van der Waals surface area contributed by atoms with Crippen LogP contribution in [-0.2, 0) is 14.3 Å². The minimum absolute atomic E-state index is 0. The minimum atomic E-state index is -0.467. The molecule has 2 atom stereocenters. The molecule has 2 rings (SSSR count). The highest BCUT2D eigenvalue weighted by Crippen LogP contribution is 2.27. The molecule has 1 saturated heterocycles. The van der Waals surface area contributed by atoms with Gasteiger partial charge in [0.15, 0.2) is 0 Å². The highest BCUT2D eigenvalue weighted by atomic mass is 35.5. The maximum Gasteiger partial charge on any atom is 0.252 e. The molecule has 0 unspecified atom stereocenters. The van der Waals surface area contributed by atoms with Crippen LogP contribution in [0.15, 0.2) is 0 Å². The van der Waals surface area contributed by atoms with E-state index in [1.165, 1.54) is 32.1 Å². The molecule has 1 aliphatic heterocycles. The molecule has 134 valence electrons. The van der Waals surface area contributed by atoms with Gasteiger partial charge in [0, 0.05) is 13.1 Å². The van der Waals surface area contributed by atoms with Crippen molar-refractivity contribution in [3.63, 3.8) is 0 Å². The maximum absolute atomic E-state index is 12.6. The number of carbonyl (C=O) groups excluding carboxylic acids is 2. The summed E-state index contributed by atoms with van der Waals surface area (Å²) in [6.07, 6.45) is 8.27. The fraction of sp³-hybridized carbons (Fsp3) is 0.875. The first-order valence-electron chi connectivity index (χ1n) is 8.52. The van der Waals surface area contributed by atoms with Crippen molar-refractivity contribution >= 4 is 24.2 Å². The van der Waals surface area contributed by atoms with Crippen LogP contribution in [0.2, 0.25) is 0 Å². The van der Waals surface area contributed by atoms with Gasteiger partial charge in [-0.15, -0.1) is 12.4 Å². The van der Waals surface area contributed by atoms with Crippen molar-refractivity contribution in [2.75, 3.05) is 19.6 Å². The second-order valence-corrected chi connectivity index (χ2v) is 6.58. The molecule has 0 aromatic carbocycles. The van der Waals surface area contributed by atoms with Gasteiger partial charge < -0.3 is 21.1 Å². The average molecular weight is 348 g/mol. The molecule has 0 radical (unpaired) electrons. The van der Waals surface area contributed by atoms with Gasteiger partial charge in [0.2, 0.25) is 5.91 Å². The summed E-state index contributed by atoms with van der Waals surface area (Å²) in [5, 5.41) is 0. The fourth-order valence-electron chi connectivity index (χ4n) is 3.53. The Kier molecular flexibility index (Phi) is 8.87. The largest absolute Gasteiger partial charge is 0.368 e. The number of amides is 2. The average Bonchev–Trinajstić information content (AvgIpc) is 3.00. The number of hydrogen-bond donors (Lipinski definition) is 2. The van der Waals surface area contributed by atoms with Crippen LogP contribution in [0.5, 0.6) is 0 Å². The molecule has 6 nitrogen and oxygen atoms in total. The van der Waals surface area contributed by atoms with Gasteiger partial charge in [-0.25, -0.2) is 0 Å². The lowest BCUT2D eigenvalue weighted by Crippen LogP contribution is -2.45. The van der Waals surface area contributed by atoms with Crippen molar-refractivity contribution in [3.8, 4) is 0 Å². The van der Waals surface area contributed by atoms with Gasteiger partial charge >= 0.3 is 0 Å². The summed E-state index contributed by atoms with van der Waals surface area (Å²) in [5.74, 6) is 0.0918. The lowest BCUT2D eigenvalue weighted by atomic mass is 9.87. The number of nitrogens with two attached hydrogens (primary N) is 2. The zero-order chi connectivity index (χ0) is 15.9. The Morgan fingerprint density at radius 1 is 1.09 bits per heavy atom. The van der Waals surface area contributed by atoms with Crippen LogP contribution in [-0.4, -0.2) is 48.6 Å². The Labute approximate surface area is 144 Å². The van der Waals surface area contributed by atoms with Crippen LogP contribution >= 0.6 is 12.4 Å². The quantitative estimate of drug-likeness (QED) is 0.722. The summed E-state index contributed by atoms with van der Waals surface area (Å²) in [6, 6.07) is 0. The Bertz CT molecular complexity index is 389. The normalized spacial score (nSPS) is 24.9. The molecule has 1 aliphatic carbocycles. The molecular formula is C16H30ClN3O3. The van der Waals surface area contributed by atoms with Crippen LogP contribution < -0.4 is 11.5 Å². The highest BCUT2D eigenvalue weighted by molar-refractivity contribution is 5.86. The molecule has 1 saturated carbocycles. The van der Waals surface area contributed by atoms with Gasteiger partial charge in [-0.1, -0.05) is 32.1 Å². The first kappa shape index (κ1) is 20.2. The molecule has 4 N–H and O–H groups in total. The van der Waals surface area contributed by atoms with Crippen molar-refractivity contribution in [1.29, 1.82) is 0 Å². The molecule has 2 amide bonds. The molecule has 2 aliphatic rings. The van der Waals surface area contributed by atoms with Gasteiger partial charge in [-0.3, -0.25) is 9.59 Å². The van der Waals surface area contributed by atoms with Crippen LogP contribution in [0.4, 0.5) is 0 Å². The van der Waals surface area contributed by atoms with E-state index in [9.17, 15) is 9.59 Å². The van der Waals surface area contributed by atoms with Gasteiger partial charge in [0.05, 0.1) is 12.6 Å². The lowest BCUT2D eigenvalue weighted by molar-refractivity contribution is -0.145. The first-order valence-corrected chi connectivity index (χ1v) is 8.52. The van der Waals surface area contributed by atoms with E-state index in [1.807, 2.05) is 0 Å². The van der Waals surface area contributed by atoms with E-state index in [0.717, 1.165) is 12.8 Å². The number of carbonyl (C=O) groups is 2. The van der Waals surface area contributed by atoms with Crippen LogP contribution in [0, 0.1) is 5.92 Å². The molecule has 0 bridgehead atoms. The third-order valence-corrected chi connectivity index (χ3v) is 4.84. The first-order chi connectivity index (χ1) is 10.6. The molecule has 2 fully saturated rings. The summed E-state index contributed by atoms with van der Waals surface area (Å²) in [6.45, 7) is 1.01. The Balaban J connectivity index is 0.00000264. The summed E-state index contributed by atoms with van der Waals surface area (Å²) >= 11 is 0. The van der Waals surface area contributed by atoms with E-state index in [4.69, 9.17) is 16.2 Å². The molecule has 1 heterocycles. The van der Waals surface area contributed by atoms with Gasteiger partial charge in [0.25, 0.3) is 5.91 Å². The fourth-order valence-corrected chi connectivity index (χ4v) is 3.53. The minimum Gasteiger partial charge on any atom is -0.368 e. The van der Waals surface area contributed by atoms with Crippen molar-refractivity contribution in [3.05, 3.63) is 0 Å². The van der Waals surface area contributed by atoms with Gasteiger partial charge in [-0.05, 0) is 25.2 Å². The lowest BCUT2D eigenvalue weighted by Gasteiger charge is -2.28. The van der Waals surface area contributed by atoms with E-state index in [2.05, 4.69) is 0 Å². The van der Waals surface area contributed by atoms with Gasteiger partial charge in [-0.2, -0.15) is 0 Å². The standard InChI is InChI=1S/C16H29N3O3.ClH/c17-10-13-6-7-14(22-13)16(21)19(11-15(18)20)9-8-12-4-2-1-3-5-12;/h12-14H,1-11,17H2,(H2,18,20);1H/t13-,14+;/m1./s1. The van der Waals surface area contributed by atoms with E-state index >= 15 is 0 Å². The van der Waals surface area contributed by atoms with Gasteiger partial charge in [0.1, 0.15) is 6.10 Å². The number of halogens is 1. The zero-order valence-electron chi connectivity index (χ0n) is 13.7. The topological polar surface area (TPSA) is 98.7 Å². The zero-order valence-corrected chi connectivity index (χ0v) is 14.6. The van der Waals surface area contributed by atoms with E-state index in [-0.39, 0.29) is 31.0 Å². The van der Waals surface area contributed by atoms with E-state index in [1.54, 1.807) is 4.90 Å². The SMILES string of the molecule is Cl.NC[C@H]1CC[C@@H](C(=O)N(CCC2CCCCC2)CC(N)=O)O1. The Morgan fingerprint density at radius 2 is 1.78 bits per heavy atom. The van der Waals surface area contributed by atoms with E-state index in [0.29, 0.717) is 25.4 Å². The number of hydrogen-bond acceptors (Lipinski definition) is 4. The molecule has 0 aromatic heterocycles. The third kappa shape index (κ3) is 6.28. The second kappa shape index (κ2) is 10.1. The predicted octanol–water partition coefficient (Wildman–Crippen LogP) is 1.20. The highest BCUT2D eigenvalue weighted by Gasteiger charge is 2.33. The molecule has 0 aromatic rings. The van der Waals surface area contributed by atoms with Crippen molar-refractivity contribution < 1.29 is 14.3 Å². The Hall–Kier alpha value is -0.850. The summed E-state index contributed by atoms with van der Waals surface area (Å²) in [4.78, 5) is 25.4. The number of ether oxygens (including phenoxy) is 1. The van der Waals surface area contributed by atoms with Crippen molar-refractivity contribution in [1.82, 2.24) is 4.90 Å².